The van der Waals surface area contributed by atoms with Crippen LogP contribution in [0, 0.1) is 0 Å². The quantitative estimate of drug-likeness (QED) is 0.240. The van der Waals surface area contributed by atoms with E-state index < -0.39 is 17.9 Å². The minimum atomic E-state index is -1.18. The van der Waals surface area contributed by atoms with E-state index in [4.69, 9.17) is 27.2 Å². The highest BCUT2D eigenvalue weighted by Crippen LogP contribution is 2.32. The molecule has 2 atom stereocenters. The van der Waals surface area contributed by atoms with Crippen LogP contribution in [0.3, 0.4) is 0 Å². The number of hydrogen-bond acceptors (Lipinski definition) is 5. The van der Waals surface area contributed by atoms with Gasteiger partial charge in [-0.2, -0.15) is 5.10 Å². The minimum absolute atomic E-state index is 0.0474. The number of aromatic nitrogens is 3. The van der Waals surface area contributed by atoms with E-state index in [1.54, 1.807) is 51.8 Å². The number of halogens is 1. The zero-order chi connectivity index (χ0) is 30.6. The second-order valence-electron chi connectivity index (χ2n) is 11.0. The number of hydrogen-bond donors (Lipinski definition) is 2. The van der Waals surface area contributed by atoms with Crippen molar-refractivity contribution in [3.63, 3.8) is 0 Å². The fourth-order valence-electron chi connectivity index (χ4n) is 5.58. The van der Waals surface area contributed by atoms with Crippen LogP contribution >= 0.6 is 11.6 Å². The normalized spacial score (nSPS) is 15.6. The summed E-state index contributed by atoms with van der Waals surface area (Å²) >= 11 is 6.32. The summed E-state index contributed by atoms with van der Waals surface area (Å²) in [5.74, 6) is -1.18. The number of ether oxygens (including phenoxy) is 1. The molecule has 9 nitrogen and oxygen atoms in total. The van der Waals surface area contributed by atoms with Crippen molar-refractivity contribution in [2.75, 3.05) is 6.61 Å². The molecule has 3 heterocycles. The van der Waals surface area contributed by atoms with Crippen molar-refractivity contribution in [3.8, 4) is 0 Å². The van der Waals surface area contributed by atoms with E-state index in [2.05, 4.69) is 5.32 Å². The molecule has 2 amide bonds. The molecule has 2 aromatic heterocycles. The third-order valence-electron chi connectivity index (χ3n) is 7.83. The molecular formula is C34H32ClN5O4. The van der Waals surface area contributed by atoms with E-state index in [1.165, 1.54) is 0 Å². The van der Waals surface area contributed by atoms with Crippen LogP contribution in [0.5, 0.6) is 0 Å². The second kappa shape index (κ2) is 12.9. The summed E-state index contributed by atoms with van der Waals surface area (Å²) in [4.78, 5) is 38.2. The van der Waals surface area contributed by atoms with E-state index >= 15 is 0 Å². The van der Waals surface area contributed by atoms with Crippen LogP contribution in [-0.2, 0) is 22.5 Å². The second-order valence-corrected chi connectivity index (χ2v) is 11.4. The lowest BCUT2D eigenvalue weighted by Crippen LogP contribution is -2.38. The average Bonchev–Trinajstić information content (AvgIpc) is 3.40. The van der Waals surface area contributed by atoms with Gasteiger partial charge in [0.25, 0.3) is 11.5 Å². The van der Waals surface area contributed by atoms with Gasteiger partial charge in [0.15, 0.2) is 12.3 Å². The number of pyridine rings is 1. The van der Waals surface area contributed by atoms with Crippen LogP contribution < -0.4 is 16.6 Å². The van der Waals surface area contributed by atoms with Gasteiger partial charge in [-0.15, -0.1) is 0 Å². The van der Waals surface area contributed by atoms with Crippen molar-refractivity contribution in [2.45, 2.75) is 44.5 Å². The predicted molar refractivity (Wildman–Crippen MR) is 168 cm³/mol. The van der Waals surface area contributed by atoms with Gasteiger partial charge < -0.3 is 20.4 Å². The van der Waals surface area contributed by atoms with Crippen LogP contribution in [0.25, 0.3) is 10.9 Å². The molecule has 3 N–H and O–H groups in total. The number of fused-ring (bicyclic) bond motifs is 1. The van der Waals surface area contributed by atoms with Crippen molar-refractivity contribution in [1.29, 1.82) is 0 Å². The topological polar surface area (TPSA) is 121 Å². The van der Waals surface area contributed by atoms with Crippen molar-refractivity contribution in [2.24, 2.45) is 5.73 Å². The molecule has 1 fully saturated rings. The van der Waals surface area contributed by atoms with Crippen LogP contribution in [-0.4, -0.2) is 32.8 Å². The summed E-state index contributed by atoms with van der Waals surface area (Å²) in [7, 11) is 0. The Morgan fingerprint density at radius 3 is 2.55 bits per heavy atom. The molecule has 5 aromatic rings. The summed E-state index contributed by atoms with van der Waals surface area (Å²) in [5.41, 5.74) is 10.2. The maximum absolute atomic E-state index is 13.5. The summed E-state index contributed by atoms with van der Waals surface area (Å²) in [6, 6.07) is 24.5. The third-order valence-corrected chi connectivity index (χ3v) is 8.07. The molecular weight excluding hydrogens is 578 g/mol. The monoisotopic (exact) mass is 609 g/mol. The lowest BCUT2D eigenvalue weighted by Gasteiger charge is -2.23. The number of carbonyl (C=O) groups is 2. The van der Waals surface area contributed by atoms with Gasteiger partial charge in [-0.05, 0) is 78.8 Å². The van der Waals surface area contributed by atoms with Crippen molar-refractivity contribution in [3.05, 3.63) is 134 Å². The fraction of sp³-hybridized carbons (Fsp3) is 0.235. The van der Waals surface area contributed by atoms with Crippen LogP contribution in [0.15, 0.2) is 95.9 Å². The number of primary amides is 1. The number of benzene rings is 3. The largest absolute Gasteiger partial charge is 0.368 e. The Labute approximate surface area is 259 Å². The van der Waals surface area contributed by atoms with Crippen molar-refractivity contribution in [1.82, 2.24) is 19.7 Å². The van der Waals surface area contributed by atoms with Gasteiger partial charge in [-0.25, -0.2) is 4.68 Å². The van der Waals surface area contributed by atoms with Crippen LogP contribution in [0.2, 0.25) is 5.02 Å². The lowest BCUT2D eigenvalue weighted by molar-refractivity contribution is -0.120. The summed E-state index contributed by atoms with van der Waals surface area (Å²) in [6.45, 7) is 1.12. The molecule has 1 aliphatic heterocycles. The molecule has 10 heteroatoms. The summed E-state index contributed by atoms with van der Waals surface area (Å²) in [5, 5.41) is 8.64. The van der Waals surface area contributed by atoms with E-state index in [0.29, 0.717) is 41.2 Å². The number of amides is 2. The van der Waals surface area contributed by atoms with Gasteiger partial charge >= 0.3 is 0 Å². The maximum Gasteiger partial charge on any atom is 0.252 e. The van der Waals surface area contributed by atoms with Crippen molar-refractivity contribution < 1.29 is 14.3 Å². The summed E-state index contributed by atoms with van der Waals surface area (Å²) in [6.07, 6.45) is 4.85. The van der Waals surface area contributed by atoms with Gasteiger partial charge in [-0.1, -0.05) is 54.1 Å². The SMILES string of the molecule is NC(=O)C(NC(=O)c1cccc(Cc2ccc(Cn3ccccc3=O)cc2)c1)c1nn(C2CCCCO2)c2ccc(Cl)cc12. The first-order valence-corrected chi connectivity index (χ1v) is 15.0. The smallest absolute Gasteiger partial charge is 0.252 e. The highest BCUT2D eigenvalue weighted by Gasteiger charge is 2.29. The molecule has 44 heavy (non-hydrogen) atoms. The Balaban J connectivity index is 1.20. The molecule has 0 radical (unpaired) electrons. The first-order valence-electron chi connectivity index (χ1n) is 14.6. The van der Waals surface area contributed by atoms with E-state index in [1.807, 2.05) is 48.5 Å². The number of nitrogens with zero attached hydrogens (tertiary/aromatic N) is 3. The van der Waals surface area contributed by atoms with E-state index in [9.17, 15) is 14.4 Å². The van der Waals surface area contributed by atoms with E-state index in [0.717, 1.165) is 41.5 Å². The van der Waals surface area contributed by atoms with Gasteiger partial charge in [0.2, 0.25) is 5.91 Å². The predicted octanol–water partition coefficient (Wildman–Crippen LogP) is 5.15. The Morgan fingerprint density at radius 1 is 0.977 bits per heavy atom. The standard InChI is InChI=1S/C34H32ClN5O4/c35-26-14-15-28-27(20-26)31(38-40(28)30-9-2-4-17-44-30)32(33(36)42)37-34(43)25-7-5-6-24(19-25)18-22-10-12-23(13-11-22)21-39-16-3-1-8-29(39)41/h1,3,5-8,10-16,19-20,30,32H,2,4,9,17-18,21H2,(H2,36,42)(H,37,43). The van der Waals surface area contributed by atoms with Gasteiger partial charge in [0.1, 0.15) is 5.69 Å². The van der Waals surface area contributed by atoms with Gasteiger partial charge in [-0.3, -0.25) is 14.4 Å². The summed E-state index contributed by atoms with van der Waals surface area (Å²) < 4.78 is 9.37. The van der Waals surface area contributed by atoms with Gasteiger partial charge in [0.05, 0.1) is 12.1 Å². The highest BCUT2D eigenvalue weighted by molar-refractivity contribution is 6.31. The molecule has 6 rings (SSSR count). The van der Waals surface area contributed by atoms with Crippen LogP contribution in [0.4, 0.5) is 0 Å². The molecule has 224 valence electrons. The molecule has 0 aliphatic carbocycles. The fourth-order valence-corrected chi connectivity index (χ4v) is 5.76. The molecule has 1 saturated heterocycles. The van der Waals surface area contributed by atoms with Crippen molar-refractivity contribution >= 4 is 34.3 Å². The Hall–Kier alpha value is -4.73. The minimum Gasteiger partial charge on any atom is -0.368 e. The molecule has 1 aliphatic rings. The number of carbonyl (C=O) groups excluding carboxylic acids is 2. The lowest BCUT2D eigenvalue weighted by atomic mass is 10.0. The number of nitrogens with one attached hydrogen (secondary N) is 1. The third kappa shape index (κ3) is 6.44. The zero-order valence-corrected chi connectivity index (χ0v) is 24.7. The van der Waals surface area contributed by atoms with Crippen LogP contribution in [0.1, 0.15) is 64.3 Å². The maximum atomic E-state index is 13.5. The molecule has 3 aromatic carbocycles. The van der Waals surface area contributed by atoms with Gasteiger partial charge in [0, 0.05) is 34.8 Å². The first-order chi connectivity index (χ1) is 21.4. The Morgan fingerprint density at radius 2 is 1.80 bits per heavy atom. The zero-order valence-electron chi connectivity index (χ0n) is 24.0. The number of rotatable bonds is 9. The molecule has 0 bridgehead atoms. The molecule has 0 saturated carbocycles. The first kappa shape index (κ1) is 29.3. The Bertz CT molecular complexity index is 1880. The molecule has 2 unspecified atom stereocenters. The average molecular weight is 610 g/mol. The number of nitrogens with two attached hydrogens (primary N) is 1. The Kier molecular flexibility index (Phi) is 8.58. The highest BCUT2D eigenvalue weighted by atomic mass is 35.5. The van der Waals surface area contributed by atoms with E-state index in [-0.39, 0.29) is 11.8 Å². The molecule has 0 spiro atoms.